The van der Waals surface area contributed by atoms with Crippen LogP contribution in [0.3, 0.4) is 0 Å². The molecule has 0 aliphatic rings. The molecule has 49 valence electrons. The van der Waals surface area contributed by atoms with E-state index in [0.29, 0.717) is 0 Å². The number of hydrogen-bond acceptors (Lipinski definition) is 3. The van der Waals surface area contributed by atoms with Crippen LogP contribution in [0.25, 0.3) is 0 Å². The summed E-state index contributed by atoms with van der Waals surface area (Å²) in [5.74, 6) is 0. The number of halogens is 2. The molecule has 0 saturated carbocycles. The van der Waals surface area contributed by atoms with E-state index in [-0.39, 0.29) is 0 Å². The fourth-order valence-corrected chi connectivity index (χ4v) is 0.0430. The zero-order chi connectivity index (χ0) is 6.78. The van der Waals surface area contributed by atoms with E-state index in [1.165, 1.54) is 0 Å². The molecule has 0 aliphatic heterocycles. The standard InChI is InChI=1S/C2H3Cl2O4/c3-2(4,8-7)1(5)6/h1,5-6H. The van der Waals surface area contributed by atoms with E-state index in [2.05, 4.69) is 4.89 Å². The van der Waals surface area contributed by atoms with Gasteiger partial charge in [-0.1, -0.05) is 23.2 Å². The van der Waals surface area contributed by atoms with Gasteiger partial charge in [-0.25, -0.2) is 0 Å². The monoisotopic (exact) mass is 161 g/mol. The van der Waals surface area contributed by atoms with Gasteiger partial charge in [-0.15, -0.1) is 0 Å². The van der Waals surface area contributed by atoms with Crippen molar-refractivity contribution in [3.05, 3.63) is 0 Å². The summed E-state index contributed by atoms with van der Waals surface area (Å²) in [7, 11) is 0. The minimum Gasteiger partial charge on any atom is -0.364 e. The maximum absolute atomic E-state index is 9.31. The van der Waals surface area contributed by atoms with Crippen LogP contribution in [-0.2, 0) is 10.1 Å². The van der Waals surface area contributed by atoms with Gasteiger partial charge in [-0.2, -0.15) is 4.89 Å². The smallest absolute Gasteiger partial charge is 0.303 e. The molecule has 1 radical (unpaired) electrons. The third kappa shape index (κ3) is 2.13. The summed E-state index contributed by atoms with van der Waals surface area (Å²) in [6, 6.07) is 0. The second-order valence-corrected chi connectivity index (χ2v) is 2.34. The molecule has 0 unspecified atom stereocenters. The molecule has 8 heavy (non-hydrogen) atoms. The Labute approximate surface area is 55.1 Å². The Morgan fingerprint density at radius 1 is 1.50 bits per heavy atom. The lowest BCUT2D eigenvalue weighted by atomic mass is 10.7. The number of alkyl halides is 2. The van der Waals surface area contributed by atoms with Gasteiger partial charge in [0.2, 0.25) is 6.29 Å². The summed E-state index contributed by atoms with van der Waals surface area (Å²) in [4.78, 5) is 2.98. The Hall–Kier alpha value is 0.420. The van der Waals surface area contributed by atoms with Crippen molar-refractivity contribution in [3.8, 4) is 0 Å². The number of aliphatic hydroxyl groups excluding tert-OH is 1. The van der Waals surface area contributed by atoms with Crippen molar-refractivity contribution in [2.24, 2.45) is 0 Å². The van der Waals surface area contributed by atoms with E-state index < -0.39 is 10.8 Å². The summed E-state index contributed by atoms with van der Waals surface area (Å²) < 4.78 is -2.46. The third-order valence-electron chi connectivity index (χ3n) is 0.412. The molecule has 0 aromatic rings. The molecule has 0 aromatic heterocycles. The fourth-order valence-electron chi connectivity index (χ4n) is 0.0430. The maximum atomic E-state index is 9.31. The molecule has 0 heterocycles. The second kappa shape index (κ2) is 2.82. The lowest BCUT2D eigenvalue weighted by molar-refractivity contribution is -0.358. The lowest BCUT2D eigenvalue weighted by Gasteiger charge is -2.14. The van der Waals surface area contributed by atoms with Crippen molar-refractivity contribution in [2.45, 2.75) is 10.8 Å². The zero-order valence-corrected chi connectivity index (χ0v) is 5.06. The minimum absolute atomic E-state index is 2.19. The second-order valence-electron chi connectivity index (χ2n) is 1.02. The van der Waals surface area contributed by atoms with Crippen LogP contribution < -0.4 is 0 Å². The summed E-state index contributed by atoms with van der Waals surface area (Å²) in [6.07, 6.45) is -2.19. The van der Waals surface area contributed by atoms with E-state index >= 15 is 0 Å². The van der Waals surface area contributed by atoms with Gasteiger partial charge < -0.3 is 10.2 Å². The third-order valence-corrected chi connectivity index (χ3v) is 0.928. The van der Waals surface area contributed by atoms with Crippen molar-refractivity contribution < 1.29 is 20.4 Å². The van der Waals surface area contributed by atoms with Crippen LogP contribution in [0.5, 0.6) is 0 Å². The van der Waals surface area contributed by atoms with Gasteiger partial charge in [-0.05, 0) is 5.26 Å². The van der Waals surface area contributed by atoms with Crippen LogP contribution in [0.15, 0.2) is 0 Å². The van der Waals surface area contributed by atoms with Crippen LogP contribution in [0.2, 0.25) is 0 Å². The van der Waals surface area contributed by atoms with E-state index in [1.807, 2.05) is 0 Å². The molecule has 4 nitrogen and oxygen atoms in total. The molecule has 0 rings (SSSR count). The highest BCUT2D eigenvalue weighted by Crippen LogP contribution is 2.24. The first-order valence-corrected chi connectivity index (χ1v) is 2.31. The largest absolute Gasteiger partial charge is 0.364 e. The van der Waals surface area contributed by atoms with Crippen LogP contribution in [0.1, 0.15) is 0 Å². The van der Waals surface area contributed by atoms with Crippen LogP contribution >= 0.6 is 23.2 Å². The van der Waals surface area contributed by atoms with Crippen LogP contribution in [0.4, 0.5) is 0 Å². The van der Waals surface area contributed by atoms with Crippen LogP contribution in [-0.4, -0.2) is 21.0 Å². The summed E-state index contributed by atoms with van der Waals surface area (Å²) >= 11 is 9.57. The molecule has 0 saturated heterocycles. The molecule has 0 aromatic carbocycles. The van der Waals surface area contributed by atoms with Gasteiger partial charge in [-0.3, -0.25) is 0 Å². The van der Waals surface area contributed by atoms with Crippen molar-refractivity contribution >= 4 is 23.2 Å². The van der Waals surface area contributed by atoms with E-state index in [4.69, 9.17) is 33.4 Å². The first-order valence-electron chi connectivity index (χ1n) is 1.55. The van der Waals surface area contributed by atoms with Gasteiger partial charge in [0.15, 0.2) is 0 Å². The number of hydrogen-bond donors (Lipinski definition) is 2. The predicted molar refractivity (Wildman–Crippen MR) is 24.4 cm³/mol. The molecular weight excluding hydrogens is 159 g/mol. The molecule has 0 aliphatic carbocycles. The summed E-state index contributed by atoms with van der Waals surface area (Å²) in [5, 5.41) is 25.4. The Morgan fingerprint density at radius 3 is 1.88 bits per heavy atom. The Kier molecular flexibility index (Phi) is 2.96. The lowest BCUT2D eigenvalue weighted by Crippen LogP contribution is -2.32. The van der Waals surface area contributed by atoms with Gasteiger partial charge in [0.1, 0.15) is 0 Å². The molecule has 0 atom stereocenters. The first-order chi connectivity index (χ1) is 3.50. The van der Waals surface area contributed by atoms with Gasteiger partial charge in [0, 0.05) is 0 Å². The highest BCUT2D eigenvalue weighted by Gasteiger charge is 2.34. The SMILES string of the molecule is [O]OC(Cl)(Cl)C(O)O. The topological polar surface area (TPSA) is 69.6 Å². The molecule has 2 N–H and O–H groups in total. The van der Waals surface area contributed by atoms with Crippen molar-refractivity contribution in [1.82, 2.24) is 0 Å². The van der Waals surface area contributed by atoms with Crippen molar-refractivity contribution in [2.75, 3.05) is 0 Å². The quantitative estimate of drug-likeness (QED) is 0.255. The normalized spacial score (nSPS) is 12.8. The van der Waals surface area contributed by atoms with Crippen molar-refractivity contribution in [1.29, 1.82) is 0 Å². The van der Waals surface area contributed by atoms with Crippen LogP contribution in [0, 0.1) is 0 Å². The molecule has 0 fully saturated rings. The van der Waals surface area contributed by atoms with E-state index in [0.717, 1.165) is 0 Å². The molecular formula is C2H3Cl2O4. The van der Waals surface area contributed by atoms with Crippen molar-refractivity contribution in [3.63, 3.8) is 0 Å². The molecule has 0 bridgehead atoms. The maximum Gasteiger partial charge on any atom is 0.303 e. The molecule has 6 heteroatoms. The highest BCUT2D eigenvalue weighted by atomic mass is 35.5. The minimum atomic E-state index is -2.46. The molecule has 0 spiro atoms. The predicted octanol–water partition coefficient (Wildman–Crippen LogP) is -0.209. The van der Waals surface area contributed by atoms with E-state index in [9.17, 15) is 5.26 Å². The highest BCUT2D eigenvalue weighted by molar-refractivity contribution is 6.47. The van der Waals surface area contributed by atoms with Gasteiger partial charge in [0.05, 0.1) is 0 Å². The summed E-state index contributed by atoms with van der Waals surface area (Å²) in [5.41, 5.74) is 0. The average Bonchev–Trinajstić information content (AvgIpc) is 1.67. The Morgan fingerprint density at radius 2 is 1.88 bits per heavy atom. The molecule has 0 amide bonds. The van der Waals surface area contributed by atoms with E-state index in [1.54, 1.807) is 0 Å². The average molecular weight is 162 g/mol. The first kappa shape index (κ1) is 8.42. The van der Waals surface area contributed by atoms with Gasteiger partial charge >= 0.3 is 4.52 Å². The fraction of sp³-hybridized carbons (Fsp3) is 1.00. The van der Waals surface area contributed by atoms with Gasteiger partial charge in [0.25, 0.3) is 0 Å². The Bertz CT molecular complexity index is 72.4. The Balaban J connectivity index is 3.71. The zero-order valence-electron chi connectivity index (χ0n) is 3.54. The summed E-state index contributed by atoms with van der Waals surface area (Å²) in [6.45, 7) is 0. The number of rotatable bonds is 2. The number of aliphatic hydroxyl groups is 2.